The first-order chi connectivity index (χ1) is 7.77. The van der Waals surface area contributed by atoms with Gasteiger partial charge in [-0.3, -0.25) is 4.84 Å². The highest BCUT2D eigenvalue weighted by Crippen LogP contribution is 2.06. The normalized spacial score (nSPS) is 10.0. The lowest BCUT2D eigenvalue weighted by Gasteiger charge is -1.95. The average Bonchev–Trinajstić information content (AvgIpc) is 2.26. The van der Waals surface area contributed by atoms with E-state index in [1.165, 1.54) is 19.0 Å². The number of carbonyl (C=O) groups is 1. The molecule has 0 aliphatic carbocycles. The minimum absolute atomic E-state index is 0.349. The predicted molar refractivity (Wildman–Crippen MR) is 50.7 cm³/mol. The van der Waals surface area contributed by atoms with Gasteiger partial charge in [-0.15, -0.1) is 0 Å². The van der Waals surface area contributed by atoms with Gasteiger partial charge in [-0.05, 0) is 0 Å². The minimum Gasteiger partial charge on any atom is -0.465 e. The Hall–Kier alpha value is -1.80. The number of hydrogen-bond acceptors (Lipinski definition) is 3. The fourth-order valence-electron chi connectivity index (χ4n) is 0.788. The van der Waals surface area contributed by atoms with Crippen molar-refractivity contribution >= 4 is 13.2 Å². The summed E-state index contributed by atoms with van der Waals surface area (Å²) in [6, 6.07) is 3.24. The van der Waals surface area contributed by atoms with Gasteiger partial charge >= 0.3 is 13.2 Å². The van der Waals surface area contributed by atoms with Crippen LogP contribution in [0.25, 0.3) is 0 Å². The Morgan fingerprint density at radius 2 is 1.59 bits per heavy atom. The van der Waals surface area contributed by atoms with Gasteiger partial charge in [-0.2, -0.15) is 0 Å². The summed E-state index contributed by atoms with van der Waals surface area (Å²) in [5, 5.41) is 0. The molecule has 1 rings (SSSR count). The third-order valence-electron chi connectivity index (χ3n) is 1.43. The summed E-state index contributed by atoms with van der Waals surface area (Å²) < 4.78 is 45.0. The van der Waals surface area contributed by atoms with E-state index in [9.17, 15) is 22.1 Å². The second-order valence-corrected chi connectivity index (χ2v) is 2.62. The maximum Gasteiger partial charge on any atom is 0.673 e. The number of rotatable bonds is 2. The molecule has 0 N–H and O–H groups in total. The summed E-state index contributed by atoms with van der Waals surface area (Å²) in [5.74, 6) is -0.349. The topological polar surface area (TPSA) is 39.4 Å². The van der Waals surface area contributed by atoms with Crippen LogP contribution in [0.2, 0.25) is 0 Å². The zero-order valence-corrected chi connectivity index (χ0v) is 9.07. The molecule has 0 aliphatic rings. The maximum absolute atomic E-state index is 10.9. The molecule has 0 fully saturated rings. The van der Waals surface area contributed by atoms with Crippen LogP contribution < -0.4 is 9.57 Å². The molecule has 0 saturated heterocycles. The molecule has 0 spiro atoms. The molecule has 0 bridgehead atoms. The molecule has 1 aromatic heterocycles. The summed E-state index contributed by atoms with van der Waals surface area (Å²) in [7, 11) is -3.11. The summed E-state index contributed by atoms with van der Waals surface area (Å²) in [6.45, 7) is 0. The molecule has 9 heteroatoms. The lowest BCUT2D eigenvalue weighted by atomic mass is 10.3. The number of halogens is 4. The van der Waals surface area contributed by atoms with Gasteiger partial charge in [0.2, 0.25) is 12.4 Å². The monoisotopic (exact) mass is 255 g/mol. The van der Waals surface area contributed by atoms with E-state index in [0.29, 0.717) is 5.56 Å². The van der Waals surface area contributed by atoms with E-state index in [4.69, 9.17) is 4.84 Å². The number of esters is 1. The first kappa shape index (κ1) is 15.2. The van der Waals surface area contributed by atoms with Crippen LogP contribution >= 0.6 is 0 Å². The van der Waals surface area contributed by atoms with Gasteiger partial charge in [0.15, 0.2) is 0 Å². The van der Waals surface area contributed by atoms with Crippen LogP contribution in [0.1, 0.15) is 10.4 Å². The van der Waals surface area contributed by atoms with Crippen LogP contribution in [0.3, 0.4) is 0 Å². The van der Waals surface area contributed by atoms with Gasteiger partial charge in [0, 0.05) is 16.9 Å². The van der Waals surface area contributed by atoms with Crippen LogP contribution in [-0.4, -0.2) is 27.4 Å². The van der Waals surface area contributed by atoms with E-state index in [2.05, 4.69) is 4.74 Å². The molecule has 0 aromatic carbocycles. The first-order valence-corrected chi connectivity index (χ1v) is 4.29. The van der Waals surface area contributed by atoms with Crippen molar-refractivity contribution in [1.82, 2.24) is 0 Å². The number of hydrogen-bond donors (Lipinski definition) is 0. The lowest BCUT2D eigenvalue weighted by Crippen LogP contribution is -2.39. The minimum atomic E-state index is -6.00. The fourth-order valence-corrected chi connectivity index (χ4v) is 0.788. The SMILES string of the molecule is COC(=O)c1cc[n+](OC)cc1.F[B-](F)(F)F. The Bertz CT molecular complexity index is 349. The molecule has 0 amide bonds. The highest BCUT2D eigenvalue weighted by atomic mass is 19.5. The molecule has 0 radical (unpaired) electrons. The molecule has 17 heavy (non-hydrogen) atoms. The number of aromatic nitrogens is 1. The highest BCUT2D eigenvalue weighted by Gasteiger charge is 2.20. The quantitative estimate of drug-likeness (QED) is 0.344. The number of nitrogens with zero attached hydrogens (tertiary/aromatic N) is 1. The van der Waals surface area contributed by atoms with Crippen molar-refractivity contribution in [3.63, 3.8) is 0 Å². The second kappa shape index (κ2) is 6.72. The van der Waals surface area contributed by atoms with Gasteiger partial charge in [0.1, 0.15) is 7.11 Å². The highest BCUT2D eigenvalue weighted by molar-refractivity contribution is 6.50. The van der Waals surface area contributed by atoms with Crippen molar-refractivity contribution in [2.45, 2.75) is 0 Å². The molecule has 0 saturated carbocycles. The Balaban J connectivity index is 0.000000437. The van der Waals surface area contributed by atoms with Crippen molar-refractivity contribution in [2.24, 2.45) is 0 Å². The molecule has 0 aliphatic heterocycles. The molecule has 0 atom stereocenters. The summed E-state index contributed by atoms with van der Waals surface area (Å²) in [6.07, 6.45) is 3.26. The third-order valence-corrected chi connectivity index (χ3v) is 1.43. The number of carbonyl (C=O) groups excluding carboxylic acids is 1. The Morgan fingerprint density at radius 1 is 1.18 bits per heavy atom. The molecular weight excluding hydrogens is 245 g/mol. The smallest absolute Gasteiger partial charge is 0.465 e. The first-order valence-electron chi connectivity index (χ1n) is 4.29. The zero-order valence-electron chi connectivity index (χ0n) is 9.07. The molecule has 0 unspecified atom stereocenters. The lowest BCUT2D eigenvalue weighted by molar-refractivity contribution is -0.885. The molecular formula is C8H10BF4NO3. The zero-order chi connectivity index (χ0) is 13.5. The van der Waals surface area contributed by atoms with E-state index in [1.807, 2.05) is 0 Å². The van der Waals surface area contributed by atoms with Crippen LogP contribution in [-0.2, 0) is 4.74 Å². The molecule has 4 nitrogen and oxygen atoms in total. The second-order valence-electron chi connectivity index (χ2n) is 2.62. The number of methoxy groups -OCH3 is 1. The van der Waals surface area contributed by atoms with Crippen molar-refractivity contribution in [3.8, 4) is 0 Å². The molecule has 1 heterocycles. The maximum atomic E-state index is 10.9. The van der Waals surface area contributed by atoms with Crippen LogP contribution in [0.4, 0.5) is 17.3 Å². The van der Waals surface area contributed by atoms with Gasteiger partial charge in [-0.25, -0.2) is 4.79 Å². The number of ether oxygens (including phenoxy) is 1. The summed E-state index contributed by atoms with van der Waals surface area (Å²) >= 11 is 0. The van der Waals surface area contributed by atoms with Crippen molar-refractivity contribution < 1.29 is 36.4 Å². The summed E-state index contributed by atoms with van der Waals surface area (Å²) in [4.78, 5) is 15.8. The van der Waals surface area contributed by atoms with E-state index in [0.717, 1.165) is 0 Å². The van der Waals surface area contributed by atoms with Gasteiger partial charge < -0.3 is 22.0 Å². The van der Waals surface area contributed by atoms with Crippen molar-refractivity contribution in [3.05, 3.63) is 30.1 Å². The Kier molecular flexibility index (Phi) is 6.01. The van der Waals surface area contributed by atoms with Gasteiger partial charge in [0.25, 0.3) is 0 Å². The van der Waals surface area contributed by atoms with Crippen LogP contribution in [0, 0.1) is 0 Å². The largest absolute Gasteiger partial charge is 0.673 e. The third kappa shape index (κ3) is 8.06. The predicted octanol–water partition coefficient (Wildman–Crippen LogP) is 1.12. The fraction of sp³-hybridized carbons (Fsp3) is 0.250. The number of pyridine rings is 1. The molecule has 1 aromatic rings. The van der Waals surface area contributed by atoms with E-state index >= 15 is 0 Å². The van der Waals surface area contributed by atoms with Crippen molar-refractivity contribution in [2.75, 3.05) is 14.2 Å². The van der Waals surface area contributed by atoms with E-state index in [-0.39, 0.29) is 5.97 Å². The standard InChI is InChI=1S/C8H10NO3.BF4/c1-11-8(10)7-3-5-9(12-2)6-4-7;2-1(3,4)5/h3-6H,1-2H3;/q+1;-1. The van der Waals surface area contributed by atoms with E-state index in [1.54, 1.807) is 24.5 Å². The average molecular weight is 255 g/mol. The Morgan fingerprint density at radius 3 is 1.88 bits per heavy atom. The van der Waals surface area contributed by atoms with E-state index < -0.39 is 7.25 Å². The Labute approximate surface area is 94.8 Å². The van der Waals surface area contributed by atoms with Gasteiger partial charge in [-0.1, -0.05) is 0 Å². The van der Waals surface area contributed by atoms with Crippen molar-refractivity contribution in [1.29, 1.82) is 0 Å². The molecule has 96 valence electrons. The van der Waals surface area contributed by atoms with Gasteiger partial charge in [0.05, 0.1) is 12.7 Å². The van der Waals surface area contributed by atoms with Crippen LogP contribution in [0.5, 0.6) is 0 Å². The van der Waals surface area contributed by atoms with Crippen LogP contribution in [0.15, 0.2) is 24.5 Å². The summed E-state index contributed by atoms with van der Waals surface area (Å²) in [5.41, 5.74) is 0.505.